The van der Waals surface area contributed by atoms with Crippen molar-refractivity contribution >= 4 is 11.9 Å². The summed E-state index contributed by atoms with van der Waals surface area (Å²) in [5.74, 6) is -1.47. The van der Waals surface area contributed by atoms with E-state index in [2.05, 4.69) is 0 Å². The monoisotopic (exact) mass is 238 g/mol. The molecule has 1 rings (SSSR count). The SMILES string of the molecule is COc1ccc(C(=O)OC(C)C)c(C(=O)O)c1. The number of methoxy groups -OCH3 is 1. The van der Waals surface area contributed by atoms with Crippen LogP contribution in [0.3, 0.4) is 0 Å². The number of carboxylic acids is 1. The first-order valence-corrected chi connectivity index (χ1v) is 5.08. The second-order valence-corrected chi connectivity index (χ2v) is 3.67. The van der Waals surface area contributed by atoms with Gasteiger partial charge >= 0.3 is 11.9 Å². The second kappa shape index (κ2) is 5.34. The number of carboxylic acid groups (broad SMARTS) is 1. The molecule has 0 amide bonds. The average Bonchev–Trinajstić information content (AvgIpc) is 2.27. The smallest absolute Gasteiger partial charge is 0.339 e. The van der Waals surface area contributed by atoms with Crippen LogP contribution < -0.4 is 4.74 Å². The van der Waals surface area contributed by atoms with Crippen molar-refractivity contribution in [2.45, 2.75) is 20.0 Å². The maximum atomic E-state index is 11.7. The van der Waals surface area contributed by atoms with Gasteiger partial charge < -0.3 is 14.6 Å². The number of hydrogen-bond donors (Lipinski definition) is 1. The van der Waals surface area contributed by atoms with Crippen molar-refractivity contribution in [1.29, 1.82) is 0 Å². The van der Waals surface area contributed by atoms with Crippen molar-refractivity contribution in [2.75, 3.05) is 7.11 Å². The highest BCUT2D eigenvalue weighted by atomic mass is 16.5. The Balaban J connectivity index is 3.14. The van der Waals surface area contributed by atoms with Gasteiger partial charge in [-0.15, -0.1) is 0 Å². The fourth-order valence-corrected chi connectivity index (χ4v) is 1.28. The fourth-order valence-electron chi connectivity index (χ4n) is 1.28. The Hall–Kier alpha value is -2.04. The van der Waals surface area contributed by atoms with Crippen molar-refractivity contribution in [3.8, 4) is 5.75 Å². The van der Waals surface area contributed by atoms with Crippen LogP contribution in [-0.2, 0) is 4.74 Å². The Labute approximate surface area is 99.0 Å². The van der Waals surface area contributed by atoms with E-state index < -0.39 is 11.9 Å². The first kappa shape index (κ1) is 13.0. The summed E-state index contributed by atoms with van der Waals surface area (Å²) in [6.07, 6.45) is -0.300. The summed E-state index contributed by atoms with van der Waals surface area (Å²) >= 11 is 0. The van der Waals surface area contributed by atoms with Crippen molar-refractivity contribution in [3.63, 3.8) is 0 Å². The van der Waals surface area contributed by atoms with E-state index >= 15 is 0 Å². The third kappa shape index (κ3) is 3.21. The third-order valence-electron chi connectivity index (χ3n) is 2.02. The van der Waals surface area contributed by atoms with Crippen LogP contribution in [0.4, 0.5) is 0 Å². The zero-order chi connectivity index (χ0) is 13.0. The van der Waals surface area contributed by atoms with Gasteiger partial charge in [0.05, 0.1) is 24.3 Å². The van der Waals surface area contributed by atoms with Gasteiger partial charge in [-0.2, -0.15) is 0 Å². The number of ether oxygens (including phenoxy) is 2. The molecule has 0 saturated carbocycles. The molecule has 0 aliphatic carbocycles. The molecule has 0 aliphatic heterocycles. The summed E-state index contributed by atoms with van der Waals surface area (Å²) in [4.78, 5) is 22.7. The lowest BCUT2D eigenvalue weighted by Crippen LogP contribution is -2.15. The fraction of sp³-hybridized carbons (Fsp3) is 0.333. The number of carbonyl (C=O) groups excluding carboxylic acids is 1. The minimum atomic E-state index is -1.19. The molecule has 0 heterocycles. The quantitative estimate of drug-likeness (QED) is 0.812. The summed E-state index contributed by atoms with van der Waals surface area (Å²) in [6.45, 7) is 3.39. The summed E-state index contributed by atoms with van der Waals surface area (Å²) in [7, 11) is 1.42. The van der Waals surface area contributed by atoms with E-state index in [9.17, 15) is 9.59 Å². The molecule has 92 valence electrons. The molecule has 0 atom stereocenters. The summed E-state index contributed by atoms with van der Waals surface area (Å²) in [5.41, 5.74) is -0.109. The van der Waals surface area contributed by atoms with E-state index in [0.717, 1.165) is 0 Å². The lowest BCUT2D eigenvalue weighted by Gasteiger charge is -2.10. The predicted molar refractivity (Wildman–Crippen MR) is 60.5 cm³/mol. The summed E-state index contributed by atoms with van der Waals surface area (Å²) in [6, 6.07) is 4.19. The zero-order valence-corrected chi connectivity index (χ0v) is 9.89. The topological polar surface area (TPSA) is 72.8 Å². The molecule has 0 saturated heterocycles. The van der Waals surface area contributed by atoms with Crippen LogP contribution in [-0.4, -0.2) is 30.3 Å². The number of rotatable bonds is 4. The predicted octanol–water partition coefficient (Wildman–Crippen LogP) is 1.96. The van der Waals surface area contributed by atoms with E-state index in [-0.39, 0.29) is 17.2 Å². The molecule has 0 bridgehead atoms. The minimum absolute atomic E-state index is 0.0204. The van der Waals surface area contributed by atoms with Gasteiger partial charge in [0.2, 0.25) is 0 Å². The van der Waals surface area contributed by atoms with Gasteiger partial charge in [0, 0.05) is 0 Å². The van der Waals surface area contributed by atoms with Gasteiger partial charge in [0.15, 0.2) is 0 Å². The average molecular weight is 238 g/mol. The Morgan fingerprint density at radius 3 is 2.35 bits per heavy atom. The van der Waals surface area contributed by atoms with Crippen molar-refractivity contribution in [1.82, 2.24) is 0 Å². The second-order valence-electron chi connectivity index (χ2n) is 3.67. The van der Waals surface area contributed by atoms with Crippen LogP contribution >= 0.6 is 0 Å². The zero-order valence-electron chi connectivity index (χ0n) is 9.89. The molecular formula is C12H14O5. The first-order valence-electron chi connectivity index (χ1n) is 5.08. The standard InChI is InChI=1S/C12H14O5/c1-7(2)17-12(15)9-5-4-8(16-3)6-10(9)11(13)14/h4-7H,1-3H3,(H,13,14). The van der Waals surface area contributed by atoms with Crippen LogP contribution in [0, 0.1) is 0 Å². The Bertz CT molecular complexity index is 437. The van der Waals surface area contributed by atoms with E-state index in [4.69, 9.17) is 14.6 Å². The van der Waals surface area contributed by atoms with Gasteiger partial charge in [-0.25, -0.2) is 9.59 Å². The molecule has 0 radical (unpaired) electrons. The molecule has 0 aliphatic rings. The summed E-state index contributed by atoms with van der Waals surface area (Å²) < 4.78 is 9.86. The Morgan fingerprint density at radius 2 is 1.88 bits per heavy atom. The molecule has 1 N–H and O–H groups in total. The molecule has 0 aromatic heterocycles. The molecule has 5 nitrogen and oxygen atoms in total. The largest absolute Gasteiger partial charge is 0.497 e. The minimum Gasteiger partial charge on any atom is -0.497 e. The lowest BCUT2D eigenvalue weighted by molar-refractivity contribution is 0.0371. The highest BCUT2D eigenvalue weighted by Gasteiger charge is 2.19. The molecule has 0 unspecified atom stereocenters. The van der Waals surface area contributed by atoms with E-state index in [1.54, 1.807) is 13.8 Å². The number of carbonyl (C=O) groups is 2. The molecule has 1 aromatic carbocycles. The van der Waals surface area contributed by atoms with Crippen LogP contribution in [0.1, 0.15) is 34.6 Å². The van der Waals surface area contributed by atoms with Crippen LogP contribution in [0.5, 0.6) is 5.75 Å². The van der Waals surface area contributed by atoms with Crippen molar-refractivity contribution < 1.29 is 24.2 Å². The number of aromatic carboxylic acids is 1. The van der Waals surface area contributed by atoms with Crippen LogP contribution in [0.2, 0.25) is 0 Å². The molecule has 0 spiro atoms. The normalized spacial score (nSPS) is 10.1. The number of benzene rings is 1. The third-order valence-corrected chi connectivity index (χ3v) is 2.02. The first-order chi connectivity index (χ1) is 7.95. The molecular weight excluding hydrogens is 224 g/mol. The maximum absolute atomic E-state index is 11.7. The number of hydrogen-bond acceptors (Lipinski definition) is 4. The van der Waals surface area contributed by atoms with E-state index in [0.29, 0.717) is 5.75 Å². The van der Waals surface area contributed by atoms with Gasteiger partial charge in [-0.3, -0.25) is 0 Å². The lowest BCUT2D eigenvalue weighted by atomic mass is 10.1. The summed E-state index contributed by atoms with van der Waals surface area (Å²) in [5, 5.41) is 9.01. The molecule has 1 aromatic rings. The van der Waals surface area contributed by atoms with Gasteiger partial charge in [0.1, 0.15) is 5.75 Å². The Kier molecular flexibility index (Phi) is 4.09. The van der Waals surface area contributed by atoms with Crippen molar-refractivity contribution in [3.05, 3.63) is 29.3 Å². The van der Waals surface area contributed by atoms with Crippen molar-refractivity contribution in [2.24, 2.45) is 0 Å². The van der Waals surface area contributed by atoms with E-state index in [1.165, 1.54) is 25.3 Å². The Morgan fingerprint density at radius 1 is 1.24 bits per heavy atom. The molecule has 5 heteroatoms. The molecule has 17 heavy (non-hydrogen) atoms. The van der Waals surface area contributed by atoms with Gasteiger partial charge in [-0.1, -0.05) is 0 Å². The van der Waals surface area contributed by atoms with Gasteiger partial charge in [0.25, 0.3) is 0 Å². The molecule has 0 fully saturated rings. The highest BCUT2D eigenvalue weighted by Crippen LogP contribution is 2.19. The van der Waals surface area contributed by atoms with Gasteiger partial charge in [-0.05, 0) is 32.0 Å². The van der Waals surface area contributed by atoms with Crippen LogP contribution in [0.25, 0.3) is 0 Å². The maximum Gasteiger partial charge on any atom is 0.339 e. The van der Waals surface area contributed by atoms with Crippen LogP contribution in [0.15, 0.2) is 18.2 Å². The van der Waals surface area contributed by atoms with E-state index in [1.807, 2.05) is 0 Å². The number of esters is 1. The highest BCUT2D eigenvalue weighted by molar-refractivity contribution is 6.02.